The molecule has 0 fully saturated rings. The normalized spacial score (nSPS) is 12.2. The highest BCUT2D eigenvalue weighted by atomic mass is 16.6. The van der Waals surface area contributed by atoms with Crippen molar-refractivity contribution in [2.45, 2.75) is 20.1 Å². The molecule has 82 valence electrons. The lowest BCUT2D eigenvalue weighted by atomic mass is 10.1. The van der Waals surface area contributed by atoms with Crippen molar-refractivity contribution in [3.8, 4) is 5.75 Å². The fourth-order valence-electron chi connectivity index (χ4n) is 1.23. The number of nitrogens with zero attached hydrogens (tertiary/aromatic N) is 1. The molecule has 0 aliphatic carbocycles. The average Bonchev–Trinajstić information content (AvgIpc) is 2.11. The maximum atomic E-state index is 10.6. The number of nitro groups is 1. The van der Waals surface area contributed by atoms with Gasteiger partial charge in [0.05, 0.1) is 16.2 Å². The van der Waals surface area contributed by atoms with Crippen LogP contribution in [-0.2, 0) is 0 Å². The van der Waals surface area contributed by atoms with Gasteiger partial charge in [0.25, 0.3) is 5.69 Å². The van der Waals surface area contributed by atoms with E-state index in [-0.39, 0.29) is 17.1 Å². The molecule has 0 saturated carbocycles. The van der Waals surface area contributed by atoms with Gasteiger partial charge in [0.15, 0.2) is 12.0 Å². The first-order chi connectivity index (χ1) is 6.93. The largest absolute Gasteiger partial charge is 0.463 e. The molecule has 15 heavy (non-hydrogen) atoms. The van der Waals surface area contributed by atoms with E-state index in [1.165, 1.54) is 26.0 Å². The number of anilines is 1. The van der Waals surface area contributed by atoms with E-state index in [4.69, 9.17) is 15.6 Å². The van der Waals surface area contributed by atoms with Crippen molar-refractivity contribution in [2.75, 3.05) is 5.73 Å². The Morgan fingerprint density at radius 3 is 2.67 bits per heavy atom. The van der Waals surface area contributed by atoms with Crippen LogP contribution in [0.5, 0.6) is 5.75 Å². The van der Waals surface area contributed by atoms with Crippen molar-refractivity contribution in [2.24, 2.45) is 0 Å². The quantitative estimate of drug-likeness (QED) is 0.339. The van der Waals surface area contributed by atoms with Gasteiger partial charge in [-0.3, -0.25) is 10.1 Å². The summed E-state index contributed by atoms with van der Waals surface area (Å²) in [7, 11) is 0. The van der Waals surface area contributed by atoms with E-state index in [0.29, 0.717) is 5.56 Å². The first-order valence-electron chi connectivity index (χ1n) is 4.31. The van der Waals surface area contributed by atoms with Gasteiger partial charge in [-0.1, -0.05) is 0 Å². The molecule has 0 heterocycles. The molecule has 1 aromatic rings. The first-order valence-corrected chi connectivity index (χ1v) is 4.31. The number of nitrogen functional groups attached to an aromatic ring is 1. The van der Waals surface area contributed by atoms with E-state index in [1.807, 2.05) is 0 Å². The predicted molar refractivity (Wildman–Crippen MR) is 54.6 cm³/mol. The van der Waals surface area contributed by atoms with Gasteiger partial charge in [-0.25, -0.2) is 0 Å². The van der Waals surface area contributed by atoms with Crippen LogP contribution in [0.2, 0.25) is 0 Å². The van der Waals surface area contributed by atoms with Crippen molar-refractivity contribution in [3.63, 3.8) is 0 Å². The van der Waals surface area contributed by atoms with Crippen LogP contribution in [0.3, 0.4) is 0 Å². The fourth-order valence-corrected chi connectivity index (χ4v) is 1.23. The van der Waals surface area contributed by atoms with Gasteiger partial charge in [-0.2, -0.15) is 0 Å². The summed E-state index contributed by atoms with van der Waals surface area (Å²) in [4.78, 5) is 10.1. The molecule has 0 aliphatic rings. The summed E-state index contributed by atoms with van der Waals surface area (Å²) in [6, 6.07) is 2.68. The number of benzene rings is 1. The topological polar surface area (TPSA) is 98.6 Å². The molecule has 0 bridgehead atoms. The molecule has 1 atom stereocenters. The van der Waals surface area contributed by atoms with E-state index < -0.39 is 11.2 Å². The zero-order valence-corrected chi connectivity index (χ0v) is 8.43. The molecule has 0 aromatic heterocycles. The van der Waals surface area contributed by atoms with Crippen LogP contribution >= 0.6 is 0 Å². The predicted octanol–water partition coefficient (Wildman–Crippen LogP) is 1.20. The van der Waals surface area contributed by atoms with Crippen LogP contribution in [0.25, 0.3) is 0 Å². The lowest BCUT2D eigenvalue weighted by Crippen LogP contribution is -2.12. The molecule has 1 aromatic carbocycles. The van der Waals surface area contributed by atoms with E-state index in [1.54, 1.807) is 0 Å². The Balaban J connectivity index is 3.24. The molecule has 6 heteroatoms. The highest BCUT2D eigenvalue weighted by Crippen LogP contribution is 2.33. The molecule has 1 rings (SSSR count). The summed E-state index contributed by atoms with van der Waals surface area (Å²) in [5, 5.41) is 19.7. The van der Waals surface area contributed by atoms with Crippen LogP contribution in [0.4, 0.5) is 11.4 Å². The van der Waals surface area contributed by atoms with E-state index >= 15 is 0 Å². The van der Waals surface area contributed by atoms with Gasteiger partial charge >= 0.3 is 0 Å². The Bertz CT molecular complexity index is 390. The summed E-state index contributed by atoms with van der Waals surface area (Å²) in [6.45, 7) is 2.92. The van der Waals surface area contributed by atoms with E-state index in [2.05, 4.69) is 0 Å². The van der Waals surface area contributed by atoms with Crippen LogP contribution in [0, 0.1) is 17.0 Å². The average molecular weight is 212 g/mol. The number of hydrogen-bond donors (Lipinski definition) is 2. The first kappa shape index (κ1) is 11.3. The molecule has 0 saturated heterocycles. The summed E-state index contributed by atoms with van der Waals surface area (Å²) < 4.78 is 4.99. The lowest BCUT2D eigenvalue weighted by Gasteiger charge is -2.13. The molecule has 1 unspecified atom stereocenters. The van der Waals surface area contributed by atoms with Crippen LogP contribution in [0.1, 0.15) is 12.5 Å². The Morgan fingerprint density at radius 2 is 2.20 bits per heavy atom. The second-order valence-electron chi connectivity index (χ2n) is 3.10. The number of aliphatic hydroxyl groups is 1. The number of nitro benzene ring substituents is 1. The van der Waals surface area contributed by atoms with E-state index in [9.17, 15) is 10.1 Å². The van der Waals surface area contributed by atoms with Crippen LogP contribution < -0.4 is 10.5 Å². The minimum Gasteiger partial charge on any atom is -0.463 e. The molecule has 6 nitrogen and oxygen atoms in total. The fraction of sp³-hybridized carbons (Fsp3) is 0.333. The molecule has 3 N–H and O–H groups in total. The Hall–Kier alpha value is -1.82. The monoisotopic (exact) mass is 212 g/mol. The SMILES string of the molecule is Cc1c([N+](=O)[O-])ccc(N)c1OC(C)O. The summed E-state index contributed by atoms with van der Waals surface area (Å²) in [5.41, 5.74) is 6.07. The third-order valence-corrected chi connectivity index (χ3v) is 1.89. The van der Waals surface area contributed by atoms with Crippen LogP contribution in [-0.4, -0.2) is 16.3 Å². The summed E-state index contributed by atoms with van der Waals surface area (Å²) in [5.74, 6) is 0.152. The molecule has 0 spiro atoms. The smallest absolute Gasteiger partial charge is 0.276 e. The van der Waals surface area contributed by atoms with Crippen molar-refractivity contribution < 1.29 is 14.8 Å². The molecular formula is C9H12N2O4. The second kappa shape index (κ2) is 4.14. The Kier molecular flexibility index (Phi) is 3.11. The van der Waals surface area contributed by atoms with E-state index in [0.717, 1.165) is 0 Å². The van der Waals surface area contributed by atoms with Gasteiger partial charge in [0.2, 0.25) is 0 Å². The minimum absolute atomic E-state index is 0.0835. The number of aliphatic hydroxyl groups excluding tert-OH is 1. The standard InChI is InChI=1S/C9H12N2O4/c1-5-8(11(13)14)4-3-7(10)9(5)15-6(2)12/h3-4,6,12H,10H2,1-2H3. The molecular weight excluding hydrogens is 200 g/mol. The maximum absolute atomic E-state index is 10.6. The third-order valence-electron chi connectivity index (χ3n) is 1.89. The minimum atomic E-state index is -1.06. The highest BCUT2D eigenvalue weighted by molar-refractivity contribution is 5.63. The van der Waals surface area contributed by atoms with Crippen molar-refractivity contribution in [3.05, 3.63) is 27.8 Å². The van der Waals surface area contributed by atoms with Crippen molar-refractivity contribution >= 4 is 11.4 Å². The Labute approximate surface area is 86.4 Å². The number of ether oxygens (including phenoxy) is 1. The number of rotatable bonds is 3. The van der Waals surface area contributed by atoms with Crippen LogP contribution in [0.15, 0.2) is 12.1 Å². The number of nitrogens with two attached hydrogens (primary N) is 1. The van der Waals surface area contributed by atoms with Gasteiger partial charge in [-0.15, -0.1) is 0 Å². The van der Waals surface area contributed by atoms with Crippen molar-refractivity contribution in [1.82, 2.24) is 0 Å². The second-order valence-corrected chi connectivity index (χ2v) is 3.10. The maximum Gasteiger partial charge on any atom is 0.276 e. The highest BCUT2D eigenvalue weighted by Gasteiger charge is 2.18. The molecule has 0 amide bonds. The third kappa shape index (κ3) is 2.35. The summed E-state index contributed by atoms with van der Waals surface area (Å²) in [6.07, 6.45) is -1.06. The van der Waals surface area contributed by atoms with Gasteiger partial charge in [0.1, 0.15) is 0 Å². The van der Waals surface area contributed by atoms with Crippen molar-refractivity contribution in [1.29, 1.82) is 0 Å². The number of hydrogen-bond acceptors (Lipinski definition) is 5. The van der Waals surface area contributed by atoms with Gasteiger partial charge in [0, 0.05) is 6.07 Å². The van der Waals surface area contributed by atoms with Gasteiger partial charge < -0.3 is 15.6 Å². The Morgan fingerprint density at radius 1 is 1.60 bits per heavy atom. The molecule has 0 aliphatic heterocycles. The lowest BCUT2D eigenvalue weighted by molar-refractivity contribution is -0.385. The summed E-state index contributed by atoms with van der Waals surface area (Å²) >= 11 is 0. The van der Waals surface area contributed by atoms with Gasteiger partial charge in [-0.05, 0) is 19.9 Å². The zero-order valence-electron chi connectivity index (χ0n) is 8.43. The molecule has 0 radical (unpaired) electrons. The zero-order chi connectivity index (χ0) is 11.6.